The van der Waals surface area contributed by atoms with Crippen molar-refractivity contribution in [1.29, 1.82) is 0 Å². The number of methoxy groups -OCH3 is 1. The number of hydrogen-bond acceptors (Lipinski definition) is 8. The first-order valence-corrected chi connectivity index (χ1v) is 13.2. The quantitative estimate of drug-likeness (QED) is 0.378. The summed E-state index contributed by atoms with van der Waals surface area (Å²) in [5.41, 5.74) is 1.49. The number of halogens is 1. The highest BCUT2D eigenvalue weighted by Crippen LogP contribution is 2.34. The fourth-order valence-electron chi connectivity index (χ4n) is 4.13. The van der Waals surface area contributed by atoms with E-state index in [1.54, 1.807) is 24.7 Å². The highest BCUT2D eigenvalue weighted by molar-refractivity contribution is 9.10. The molecule has 0 amide bonds. The van der Waals surface area contributed by atoms with E-state index in [2.05, 4.69) is 15.9 Å². The number of aromatic nitrogens is 1. The molecule has 36 heavy (non-hydrogen) atoms. The summed E-state index contributed by atoms with van der Waals surface area (Å²) in [6.45, 7) is 4.01. The number of anilines is 1. The van der Waals surface area contributed by atoms with Gasteiger partial charge in [0.05, 0.1) is 40.0 Å². The number of esters is 1. The second-order valence-electron chi connectivity index (χ2n) is 8.39. The number of nitrogens with zero attached hydrogens (tertiary/aromatic N) is 3. The van der Waals surface area contributed by atoms with Gasteiger partial charge in [0.2, 0.25) is 5.88 Å². The van der Waals surface area contributed by atoms with Crippen molar-refractivity contribution in [3.63, 3.8) is 0 Å². The lowest BCUT2D eigenvalue weighted by atomic mass is 9.94. The molecule has 0 saturated carbocycles. The third-order valence-corrected chi connectivity index (χ3v) is 7.22. The van der Waals surface area contributed by atoms with Crippen molar-refractivity contribution in [1.82, 2.24) is 4.57 Å². The molecule has 190 valence electrons. The van der Waals surface area contributed by atoms with Crippen molar-refractivity contribution < 1.29 is 18.7 Å². The summed E-state index contributed by atoms with van der Waals surface area (Å²) in [6, 6.07) is 8.51. The highest BCUT2D eigenvalue weighted by Gasteiger charge is 2.34. The summed E-state index contributed by atoms with van der Waals surface area (Å²) < 4.78 is 19.6. The van der Waals surface area contributed by atoms with Crippen LogP contribution in [-0.4, -0.2) is 38.3 Å². The van der Waals surface area contributed by atoms with Crippen LogP contribution in [0.1, 0.15) is 44.1 Å². The Kier molecular flexibility index (Phi) is 7.85. The summed E-state index contributed by atoms with van der Waals surface area (Å²) >= 11 is 4.77. The summed E-state index contributed by atoms with van der Waals surface area (Å²) in [5.74, 6) is 1.34. The standard InChI is InChI=1S/C26H28BrN3O5S/c1-6-9-19-21(25(32)34-7-2)22(15-10-8-11-16(12-15)33-5)30-23(31)20(36-26(30)28-19)14-17-13-18(27)24(35-17)29(3)4/h8,10-14,22H,6-7,9H2,1-5H3/b20-14+/t22-/m1/s1. The Balaban J connectivity index is 1.98. The molecule has 0 unspecified atom stereocenters. The van der Waals surface area contributed by atoms with Crippen LogP contribution < -0.4 is 24.5 Å². The molecule has 2 aromatic heterocycles. The maximum absolute atomic E-state index is 13.8. The van der Waals surface area contributed by atoms with Crippen molar-refractivity contribution in [3.8, 4) is 5.75 Å². The first kappa shape index (κ1) is 26.0. The number of carbonyl (C=O) groups is 1. The molecule has 1 aliphatic heterocycles. The third-order valence-electron chi connectivity index (χ3n) is 5.67. The number of allylic oxidation sites excluding steroid dienone is 1. The van der Waals surface area contributed by atoms with E-state index in [4.69, 9.17) is 18.9 Å². The zero-order valence-electron chi connectivity index (χ0n) is 20.8. The van der Waals surface area contributed by atoms with Crippen LogP contribution in [0.2, 0.25) is 0 Å². The van der Waals surface area contributed by atoms with Crippen LogP contribution in [0.25, 0.3) is 6.08 Å². The van der Waals surface area contributed by atoms with Crippen molar-refractivity contribution in [2.45, 2.75) is 32.7 Å². The number of benzene rings is 1. The molecule has 1 aliphatic rings. The number of ether oxygens (including phenoxy) is 2. The maximum Gasteiger partial charge on any atom is 0.338 e. The van der Waals surface area contributed by atoms with Crippen molar-refractivity contribution >= 4 is 45.2 Å². The van der Waals surface area contributed by atoms with E-state index in [-0.39, 0.29) is 12.2 Å². The fourth-order valence-corrected chi connectivity index (χ4v) is 5.79. The van der Waals surface area contributed by atoms with Crippen LogP contribution in [0.3, 0.4) is 0 Å². The van der Waals surface area contributed by atoms with Gasteiger partial charge in [0, 0.05) is 26.2 Å². The molecule has 8 nitrogen and oxygen atoms in total. The summed E-state index contributed by atoms with van der Waals surface area (Å²) in [6.07, 6.45) is 3.07. The zero-order chi connectivity index (χ0) is 26.0. The number of rotatable bonds is 8. The number of fused-ring (bicyclic) bond motifs is 1. The van der Waals surface area contributed by atoms with Crippen LogP contribution >= 0.6 is 27.3 Å². The average Bonchev–Trinajstić information content (AvgIpc) is 3.37. The Bertz CT molecular complexity index is 1500. The lowest BCUT2D eigenvalue weighted by Crippen LogP contribution is -2.40. The van der Waals surface area contributed by atoms with Gasteiger partial charge in [-0.3, -0.25) is 9.36 Å². The fraction of sp³-hybridized carbons (Fsp3) is 0.346. The van der Waals surface area contributed by atoms with Crippen LogP contribution in [0.5, 0.6) is 5.75 Å². The van der Waals surface area contributed by atoms with Crippen molar-refractivity contribution in [2.24, 2.45) is 4.99 Å². The van der Waals surface area contributed by atoms with Gasteiger partial charge < -0.3 is 18.8 Å². The van der Waals surface area contributed by atoms with Gasteiger partial charge in [-0.15, -0.1) is 0 Å². The van der Waals surface area contributed by atoms with Crippen LogP contribution in [0.4, 0.5) is 5.88 Å². The molecule has 3 aromatic rings. The summed E-state index contributed by atoms with van der Waals surface area (Å²) in [4.78, 5) is 34.2. The first-order chi connectivity index (χ1) is 17.3. The SMILES string of the molecule is CCCC1=C(C(=O)OCC)[C@@H](c2cccc(OC)c2)n2c(s/c(=C/c3cc(Br)c(N(C)C)o3)c2=O)=N1. The maximum atomic E-state index is 13.8. The zero-order valence-corrected chi connectivity index (χ0v) is 23.2. The minimum atomic E-state index is -0.695. The van der Waals surface area contributed by atoms with E-state index in [0.717, 1.165) is 16.5 Å². The predicted octanol–water partition coefficient (Wildman–Crippen LogP) is 4.01. The highest BCUT2D eigenvalue weighted by atomic mass is 79.9. The third kappa shape index (κ3) is 4.92. The smallest absolute Gasteiger partial charge is 0.338 e. The summed E-state index contributed by atoms with van der Waals surface area (Å²) in [5, 5.41) is 0. The monoisotopic (exact) mass is 573 g/mol. The molecule has 0 N–H and O–H groups in total. The number of hydrogen-bond donors (Lipinski definition) is 0. The van der Waals surface area contributed by atoms with Gasteiger partial charge in [0.1, 0.15) is 11.5 Å². The van der Waals surface area contributed by atoms with E-state index in [9.17, 15) is 9.59 Å². The van der Waals surface area contributed by atoms with E-state index < -0.39 is 12.0 Å². The van der Waals surface area contributed by atoms with Crippen LogP contribution in [-0.2, 0) is 9.53 Å². The topological polar surface area (TPSA) is 86.3 Å². The molecule has 1 atom stereocenters. The predicted molar refractivity (Wildman–Crippen MR) is 143 cm³/mol. The lowest BCUT2D eigenvalue weighted by Gasteiger charge is -2.26. The van der Waals surface area contributed by atoms with Crippen LogP contribution in [0, 0.1) is 0 Å². The Morgan fingerprint density at radius 2 is 2.08 bits per heavy atom. The number of furan rings is 1. The Morgan fingerprint density at radius 1 is 1.31 bits per heavy atom. The van der Waals surface area contributed by atoms with Crippen molar-refractivity contribution in [2.75, 3.05) is 32.7 Å². The average molecular weight is 574 g/mol. The molecular formula is C26H28BrN3O5S. The minimum Gasteiger partial charge on any atom is -0.497 e. The molecule has 4 rings (SSSR count). The molecule has 0 spiro atoms. The number of thiazole rings is 1. The van der Waals surface area contributed by atoms with E-state index in [0.29, 0.717) is 44.4 Å². The molecule has 0 saturated heterocycles. The molecular weight excluding hydrogens is 546 g/mol. The van der Waals surface area contributed by atoms with Gasteiger partial charge in [0.25, 0.3) is 5.56 Å². The molecule has 10 heteroatoms. The molecule has 0 fully saturated rings. The number of carbonyl (C=O) groups excluding carboxylic acids is 1. The Morgan fingerprint density at radius 3 is 2.72 bits per heavy atom. The van der Waals surface area contributed by atoms with Gasteiger partial charge in [-0.05, 0) is 47.0 Å². The molecule has 0 bridgehead atoms. The van der Waals surface area contributed by atoms with E-state index in [1.165, 1.54) is 11.3 Å². The minimum absolute atomic E-state index is 0.221. The van der Waals surface area contributed by atoms with E-state index in [1.807, 2.05) is 56.3 Å². The molecule has 1 aromatic carbocycles. The molecule has 3 heterocycles. The van der Waals surface area contributed by atoms with E-state index >= 15 is 0 Å². The van der Waals surface area contributed by atoms with Gasteiger partial charge in [-0.25, -0.2) is 9.79 Å². The van der Waals surface area contributed by atoms with Gasteiger partial charge >= 0.3 is 5.97 Å². The molecule has 0 radical (unpaired) electrons. The molecule has 0 aliphatic carbocycles. The normalized spacial score (nSPS) is 15.5. The lowest BCUT2D eigenvalue weighted by molar-refractivity contribution is -0.139. The second-order valence-corrected chi connectivity index (χ2v) is 10.2. The summed E-state index contributed by atoms with van der Waals surface area (Å²) in [7, 11) is 5.34. The van der Waals surface area contributed by atoms with Crippen molar-refractivity contribution in [3.05, 3.63) is 77.1 Å². The largest absolute Gasteiger partial charge is 0.497 e. The van der Waals surface area contributed by atoms with Gasteiger partial charge in [-0.2, -0.15) is 0 Å². The Labute approximate surface area is 221 Å². The van der Waals surface area contributed by atoms with Gasteiger partial charge in [0.15, 0.2) is 4.80 Å². The van der Waals surface area contributed by atoms with Gasteiger partial charge in [-0.1, -0.05) is 36.8 Å². The Hall–Kier alpha value is -3.11. The van der Waals surface area contributed by atoms with Crippen LogP contribution in [0.15, 0.2) is 60.3 Å². The first-order valence-electron chi connectivity index (χ1n) is 11.6. The second kappa shape index (κ2) is 10.9.